The summed E-state index contributed by atoms with van der Waals surface area (Å²) in [5.41, 5.74) is 0. The Bertz CT molecular complexity index is 119. The number of aliphatic hydroxyl groups excluding tert-OH is 2. The van der Waals surface area contributed by atoms with Gasteiger partial charge >= 0.3 is 0 Å². The summed E-state index contributed by atoms with van der Waals surface area (Å²) in [5.74, 6) is 0. The van der Waals surface area contributed by atoms with Crippen molar-refractivity contribution in [3.05, 3.63) is 0 Å². The summed E-state index contributed by atoms with van der Waals surface area (Å²) < 4.78 is 14.7. The number of ether oxygens (including phenoxy) is 3. The van der Waals surface area contributed by atoms with Gasteiger partial charge in [0.25, 0.3) is 0 Å². The molecule has 0 saturated heterocycles. The predicted molar refractivity (Wildman–Crippen MR) is 76.4 cm³/mol. The van der Waals surface area contributed by atoms with Gasteiger partial charge in [0.15, 0.2) is 0 Å². The van der Waals surface area contributed by atoms with Crippen LogP contribution in [0.3, 0.4) is 0 Å². The Morgan fingerprint density at radius 3 is 1.63 bits per heavy atom. The third-order valence-corrected chi connectivity index (χ3v) is 2.30. The van der Waals surface area contributed by atoms with Crippen LogP contribution in [0.5, 0.6) is 0 Å². The van der Waals surface area contributed by atoms with Crippen molar-refractivity contribution in [3.8, 4) is 0 Å². The van der Waals surface area contributed by atoms with Crippen molar-refractivity contribution in [2.24, 2.45) is 0 Å². The summed E-state index contributed by atoms with van der Waals surface area (Å²) >= 11 is 0. The molecule has 5 nitrogen and oxygen atoms in total. The van der Waals surface area contributed by atoms with Crippen LogP contribution >= 0.6 is 0 Å². The van der Waals surface area contributed by atoms with E-state index in [1.807, 2.05) is 0 Å². The summed E-state index contributed by atoms with van der Waals surface area (Å²) in [5, 5.41) is 16.5. The highest BCUT2D eigenvalue weighted by Gasteiger charge is 1.87. The number of rotatable bonds is 13. The molecule has 0 amide bonds. The summed E-state index contributed by atoms with van der Waals surface area (Å²) in [6, 6.07) is 0. The number of hydrogen-bond donors (Lipinski definition) is 2. The van der Waals surface area contributed by atoms with Gasteiger partial charge in [-0.3, -0.25) is 0 Å². The molecule has 0 aromatic carbocycles. The standard InChI is InChI=1S/C8H18O.C6H14O4/c1-3-4-5-6-7-8-9-2;7-1-3-9-5-6-10-4-2-8/h3-8H2,1-2H3;7-8H,1-6H2. The SMILES string of the molecule is CCCCCCCOC.OCCOCCOCCO. The van der Waals surface area contributed by atoms with Crippen LogP contribution in [-0.2, 0) is 14.2 Å². The lowest BCUT2D eigenvalue weighted by atomic mass is 10.2. The predicted octanol–water partition coefficient (Wildman–Crippen LogP) is 1.61. The zero-order valence-corrected chi connectivity index (χ0v) is 12.6. The van der Waals surface area contributed by atoms with E-state index < -0.39 is 0 Å². The van der Waals surface area contributed by atoms with Crippen LogP contribution in [0.25, 0.3) is 0 Å². The van der Waals surface area contributed by atoms with Crippen LogP contribution in [0.1, 0.15) is 39.0 Å². The van der Waals surface area contributed by atoms with Crippen molar-refractivity contribution in [1.82, 2.24) is 0 Å². The summed E-state index contributed by atoms with van der Waals surface area (Å²) in [7, 11) is 1.76. The second-order valence-electron chi connectivity index (χ2n) is 4.08. The monoisotopic (exact) mass is 280 g/mol. The van der Waals surface area contributed by atoms with Crippen molar-refractivity contribution < 1.29 is 24.4 Å². The third kappa shape index (κ3) is 27.1. The fourth-order valence-corrected chi connectivity index (χ4v) is 1.30. The van der Waals surface area contributed by atoms with Crippen molar-refractivity contribution in [2.45, 2.75) is 39.0 Å². The molecule has 0 aliphatic heterocycles. The third-order valence-electron chi connectivity index (χ3n) is 2.30. The van der Waals surface area contributed by atoms with Crippen molar-refractivity contribution >= 4 is 0 Å². The van der Waals surface area contributed by atoms with E-state index in [4.69, 9.17) is 24.4 Å². The maximum absolute atomic E-state index is 8.26. The van der Waals surface area contributed by atoms with Gasteiger partial charge in [-0.15, -0.1) is 0 Å². The number of hydrogen-bond acceptors (Lipinski definition) is 5. The topological polar surface area (TPSA) is 68.2 Å². The zero-order chi connectivity index (χ0) is 14.6. The summed E-state index contributed by atoms with van der Waals surface area (Å²) in [4.78, 5) is 0. The normalized spacial score (nSPS) is 10.1. The first kappa shape index (κ1) is 21.1. The Balaban J connectivity index is 0. The van der Waals surface area contributed by atoms with Crippen molar-refractivity contribution in [3.63, 3.8) is 0 Å². The van der Waals surface area contributed by atoms with Gasteiger partial charge in [-0.2, -0.15) is 0 Å². The minimum absolute atomic E-state index is 0.0417. The molecule has 0 radical (unpaired) electrons. The first-order valence-electron chi connectivity index (χ1n) is 7.19. The Hall–Kier alpha value is -0.200. The highest BCUT2D eigenvalue weighted by Crippen LogP contribution is 2.01. The van der Waals surface area contributed by atoms with E-state index in [0.717, 1.165) is 6.61 Å². The minimum Gasteiger partial charge on any atom is -0.394 e. The van der Waals surface area contributed by atoms with Gasteiger partial charge in [0.2, 0.25) is 0 Å². The lowest BCUT2D eigenvalue weighted by molar-refractivity contribution is 0.0222. The molecule has 2 N–H and O–H groups in total. The lowest BCUT2D eigenvalue weighted by Gasteiger charge is -2.01. The average molecular weight is 280 g/mol. The van der Waals surface area contributed by atoms with E-state index in [1.54, 1.807) is 7.11 Å². The van der Waals surface area contributed by atoms with Gasteiger partial charge in [0.05, 0.1) is 39.6 Å². The molecule has 118 valence electrons. The van der Waals surface area contributed by atoms with Gasteiger partial charge < -0.3 is 24.4 Å². The van der Waals surface area contributed by atoms with Crippen LogP contribution < -0.4 is 0 Å². The molecule has 0 aliphatic rings. The van der Waals surface area contributed by atoms with E-state index >= 15 is 0 Å². The minimum atomic E-state index is 0.0417. The molecular formula is C14H32O5. The molecule has 19 heavy (non-hydrogen) atoms. The molecule has 0 rings (SSSR count). The highest BCUT2D eigenvalue weighted by atomic mass is 16.5. The number of methoxy groups -OCH3 is 1. The molecule has 0 aromatic rings. The molecule has 0 unspecified atom stereocenters. The lowest BCUT2D eigenvalue weighted by Crippen LogP contribution is -2.09. The number of unbranched alkanes of at least 4 members (excludes halogenated alkanes) is 4. The second-order valence-corrected chi connectivity index (χ2v) is 4.08. The van der Waals surface area contributed by atoms with Crippen molar-refractivity contribution in [1.29, 1.82) is 0 Å². The number of aliphatic hydroxyl groups is 2. The second kappa shape index (κ2) is 22.9. The van der Waals surface area contributed by atoms with E-state index in [9.17, 15) is 0 Å². The fraction of sp³-hybridized carbons (Fsp3) is 1.00. The van der Waals surface area contributed by atoms with Crippen LogP contribution in [0.2, 0.25) is 0 Å². The summed E-state index contributed by atoms with van der Waals surface area (Å²) in [6.07, 6.45) is 6.65. The molecule has 0 heterocycles. The van der Waals surface area contributed by atoms with Gasteiger partial charge in [-0.05, 0) is 6.42 Å². The molecule has 0 aromatic heterocycles. The molecule has 0 fully saturated rings. The fourth-order valence-electron chi connectivity index (χ4n) is 1.30. The molecule has 0 spiro atoms. The first-order chi connectivity index (χ1) is 9.33. The van der Waals surface area contributed by atoms with E-state index in [2.05, 4.69) is 6.92 Å². The first-order valence-corrected chi connectivity index (χ1v) is 7.19. The Labute approximate surface area is 117 Å². The molecule has 0 atom stereocenters. The van der Waals surface area contributed by atoms with Crippen LogP contribution in [0, 0.1) is 0 Å². The van der Waals surface area contributed by atoms with Crippen LogP contribution in [0.4, 0.5) is 0 Å². The zero-order valence-electron chi connectivity index (χ0n) is 12.6. The van der Waals surface area contributed by atoms with E-state index in [1.165, 1.54) is 32.1 Å². The maximum atomic E-state index is 8.26. The molecule has 0 saturated carbocycles. The molecular weight excluding hydrogens is 248 g/mol. The van der Waals surface area contributed by atoms with Gasteiger partial charge in [0.1, 0.15) is 0 Å². The Morgan fingerprint density at radius 2 is 1.21 bits per heavy atom. The Morgan fingerprint density at radius 1 is 0.684 bits per heavy atom. The average Bonchev–Trinajstić information content (AvgIpc) is 2.43. The quantitative estimate of drug-likeness (QED) is 0.502. The molecule has 5 heteroatoms. The molecule has 0 aliphatic carbocycles. The van der Waals surface area contributed by atoms with Gasteiger partial charge in [0, 0.05) is 13.7 Å². The largest absolute Gasteiger partial charge is 0.394 e. The van der Waals surface area contributed by atoms with E-state index in [-0.39, 0.29) is 13.2 Å². The van der Waals surface area contributed by atoms with Crippen LogP contribution in [-0.4, -0.2) is 63.6 Å². The maximum Gasteiger partial charge on any atom is 0.0701 e. The summed E-state index contributed by atoms with van der Waals surface area (Å²) in [6.45, 7) is 4.89. The van der Waals surface area contributed by atoms with Gasteiger partial charge in [-0.25, -0.2) is 0 Å². The van der Waals surface area contributed by atoms with Crippen LogP contribution in [0.15, 0.2) is 0 Å². The smallest absolute Gasteiger partial charge is 0.0701 e. The highest BCUT2D eigenvalue weighted by molar-refractivity contribution is 4.40. The van der Waals surface area contributed by atoms with Gasteiger partial charge in [-0.1, -0.05) is 32.6 Å². The molecule has 0 bridgehead atoms. The van der Waals surface area contributed by atoms with E-state index in [0.29, 0.717) is 26.4 Å². The Kier molecular flexibility index (Phi) is 25.5. The van der Waals surface area contributed by atoms with Crippen molar-refractivity contribution in [2.75, 3.05) is 53.4 Å².